The summed E-state index contributed by atoms with van der Waals surface area (Å²) < 4.78 is 6.24. The number of carbonyl (C=O) groups is 1. The fourth-order valence-electron chi connectivity index (χ4n) is 4.51. The lowest BCUT2D eigenvalue weighted by molar-refractivity contribution is -0.144. The maximum Gasteiger partial charge on any atom is 0.277 e. The second-order valence-corrected chi connectivity index (χ2v) is 8.36. The Morgan fingerprint density at radius 1 is 1.04 bits per heavy atom. The fraction of sp³-hybridized carbons (Fsp3) is 0.682. The van der Waals surface area contributed by atoms with Crippen LogP contribution in [0.2, 0.25) is 0 Å². The summed E-state index contributed by atoms with van der Waals surface area (Å²) in [5, 5.41) is 1.49. The topological polar surface area (TPSA) is 45.2 Å². The van der Waals surface area contributed by atoms with Crippen molar-refractivity contribution in [3.05, 3.63) is 29.8 Å². The first-order chi connectivity index (χ1) is 13.7. The number of hydroxylamine groups is 2. The average molecular weight is 388 g/mol. The molecule has 4 rings (SSSR count). The van der Waals surface area contributed by atoms with Crippen LogP contribution in [0.15, 0.2) is 24.3 Å². The summed E-state index contributed by atoms with van der Waals surface area (Å²) >= 11 is 0. The Bertz CT molecular complexity index is 646. The van der Waals surface area contributed by atoms with Gasteiger partial charge in [-0.25, -0.2) is 5.06 Å². The molecule has 6 nitrogen and oxygen atoms in total. The number of carbonyl (C=O) groups excluding carboxylic acids is 1. The van der Waals surface area contributed by atoms with E-state index in [9.17, 15) is 4.79 Å². The Hall–Kier alpha value is -1.63. The third kappa shape index (κ3) is 4.85. The van der Waals surface area contributed by atoms with Gasteiger partial charge in [-0.3, -0.25) is 9.63 Å². The highest BCUT2D eigenvalue weighted by Crippen LogP contribution is 2.24. The highest BCUT2D eigenvalue weighted by Gasteiger charge is 2.28. The zero-order chi connectivity index (χ0) is 19.3. The summed E-state index contributed by atoms with van der Waals surface area (Å²) in [5.74, 6) is 0.725. The van der Waals surface area contributed by atoms with E-state index >= 15 is 0 Å². The van der Waals surface area contributed by atoms with Gasteiger partial charge in [-0.15, -0.1) is 0 Å². The fourth-order valence-corrected chi connectivity index (χ4v) is 4.51. The van der Waals surface area contributed by atoms with Gasteiger partial charge in [-0.2, -0.15) is 0 Å². The molecule has 0 spiro atoms. The summed E-state index contributed by atoms with van der Waals surface area (Å²) in [7, 11) is 2.21. The van der Waals surface area contributed by atoms with Gasteiger partial charge in [-0.1, -0.05) is 6.07 Å². The number of amides is 1. The molecular weight excluding hydrogens is 354 g/mol. The maximum absolute atomic E-state index is 12.6. The monoisotopic (exact) mass is 387 g/mol. The van der Waals surface area contributed by atoms with Gasteiger partial charge < -0.3 is 14.5 Å². The molecule has 3 aliphatic rings. The number of rotatable bonds is 4. The standard InChI is InChI=1S/C22H33N3O3/c1-23-12-7-19(8-13-23)24-14-9-20(10-15-24)28-21-6-4-5-18(17-21)22(26)25-11-2-3-16-27-25/h4-6,17,19-20H,2-3,7-16H2,1H3. The zero-order valence-corrected chi connectivity index (χ0v) is 17.0. The van der Waals surface area contributed by atoms with Crippen LogP contribution in [0.1, 0.15) is 48.9 Å². The molecule has 1 amide bonds. The molecule has 0 saturated carbocycles. The Kier molecular flexibility index (Phi) is 6.50. The van der Waals surface area contributed by atoms with Crippen LogP contribution in [-0.2, 0) is 4.84 Å². The Labute approximate surface area is 168 Å². The van der Waals surface area contributed by atoms with Crippen LogP contribution < -0.4 is 4.74 Å². The number of hydrogen-bond donors (Lipinski definition) is 0. The molecule has 0 aliphatic carbocycles. The van der Waals surface area contributed by atoms with Gasteiger partial charge in [-0.05, 0) is 76.9 Å². The average Bonchev–Trinajstić information content (AvgIpc) is 2.75. The van der Waals surface area contributed by atoms with E-state index in [1.54, 1.807) is 0 Å². The van der Waals surface area contributed by atoms with Gasteiger partial charge in [0, 0.05) is 31.2 Å². The molecular formula is C22H33N3O3. The smallest absolute Gasteiger partial charge is 0.277 e. The minimum Gasteiger partial charge on any atom is -0.490 e. The molecule has 0 radical (unpaired) electrons. The number of likely N-dealkylation sites (tertiary alicyclic amines) is 2. The highest BCUT2D eigenvalue weighted by molar-refractivity contribution is 5.93. The van der Waals surface area contributed by atoms with E-state index in [0.29, 0.717) is 18.7 Å². The van der Waals surface area contributed by atoms with E-state index in [-0.39, 0.29) is 12.0 Å². The van der Waals surface area contributed by atoms with Gasteiger partial charge in [0.2, 0.25) is 0 Å². The molecule has 0 N–H and O–H groups in total. The molecule has 154 valence electrons. The van der Waals surface area contributed by atoms with Crippen molar-refractivity contribution in [2.24, 2.45) is 0 Å². The molecule has 6 heteroatoms. The Morgan fingerprint density at radius 2 is 1.82 bits per heavy atom. The molecule has 3 fully saturated rings. The number of benzene rings is 1. The maximum atomic E-state index is 12.6. The highest BCUT2D eigenvalue weighted by atomic mass is 16.7. The summed E-state index contributed by atoms with van der Waals surface area (Å²) in [5.41, 5.74) is 0.642. The van der Waals surface area contributed by atoms with Crippen LogP contribution in [0.3, 0.4) is 0 Å². The summed E-state index contributed by atoms with van der Waals surface area (Å²) in [6.45, 7) is 5.93. The van der Waals surface area contributed by atoms with Crippen LogP contribution in [0, 0.1) is 0 Å². The van der Waals surface area contributed by atoms with Crippen molar-refractivity contribution in [3.63, 3.8) is 0 Å². The largest absolute Gasteiger partial charge is 0.490 e. The minimum absolute atomic E-state index is 0.0674. The van der Waals surface area contributed by atoms with Crippen LogP contribution in [0.5, 0.6) is 5.75 Å². The number of hydrogen-bond acceptors (Lipinski definition) is 5. The van der Waals surface area contributed by atoms with E-state index in [1.165, 1.54) is 31.0 Å². The normalized spacial score (nSPS) is 23.7. The first-order valence-corrected chi connectivity index (χ1v) is 10.8. The van der Waals surface area contributed by atoms with E-state index < -0.39 is 0 Å². The summed E-state index contributed by atoms with van der Waals surface area (Å²) in [4.78, 5) is 23.2. The number of ether oxygens (including phenoxy) is 1. The van der Waals surface area contributed by atoms with E-state index in [1.807, 2.05) is 24.3 Å². The second-order valence-electron chi connectivity index (χ2n) is 8.36. The molecule has 0 bridgehead atoms. The van der Waals surface area contributed by atoms with E-state index in [2.05, 4.69) is 16.8 Å². The number of nitrogens with zero attached hydrogens (tertiary/aromatic N) is 3. The number of piperidine rings is 2. The van der Waals surface area contributed by atoms with Crippen molar-refractivity contribution >= 4 is 5.91 Å². The first-order valence-electron chi connectivity index (χ1n) is 10.8. The third-order valence-electron chi connectivity index (χ3n) is 6.29. The van der Waals surface area contributed by atoms with Crippen LogP contribution in [-0.4, -0.2) is 79.3 Å². The summed E-state index contributed by atoms with van der Waals surface area (Å²) in [6, 6.07) is 8.30. The molecule has 3 aliphatic heterocycles. The minimum atomic E-state index is -0.0674. The van der Waals surface area contributed by atoms with Crippen molar-refractivity contribution in [1.82, 2.24) is 14.9 Å². The van der Waals surface area contributed by atoms with Gasteiger partial charge in [0.15, 0.2) is 0 Å². The summed E-state index contributed by atoms with van der Waals surface area (Å²) in [6.07, 6.45) is 6.93. The van der Waals surface area contributed by atoms with E-state index in [4.69, 9.17) is 9.57 Å². The molecule has 1 aromatic carbocycles. The lowest BCUT2D eigenvalue weighted by Gasteiger charge is -2.41. The molecule has 3 heterocycles. The molecule has 0 unspecified atom stereocenters. The molecule has 28 heavy (non-hydrogen) atoms. The lowest BCUT2D eigenvalue weighted by atomic mass is 9.99. The Morgan fingerprint density at radius 3 is 2.54 bits per heavy atom. The quantitative estimate of drug-likeness (QED) is 0.795. The van der Waals surface area contributed by atoms with Gasteiger partial charge in [0.1, 0.15) is 11.9 Å². The first kappa shape index (κ1) is 19.7. The molecule has 0 aromatic heterocycles. The van der Waals surface area contributed by atoms with Gasteiger partial charge >= 0.3 is 0 Å². The van der Waals surface area contributed by atoms with Crippen molar-refractivity contribution in [1.29, 1.82) is 0 Å². The van der Waals surface area contributed by atoms with Crippen LogP contribution >= 0.6 is 0 Å². The lowest BCUT2D eigenvalue weighted by Crippen LogP contribution is -2.48. The molecule has 0 atom stereocenters. The zero-order valence-electron chi connectivity index (χ0n) is 17.0. The van der Waals surface area contributed by atoms with Crippen molar-refractivity contribution in [2.75, 3.05) is 46.4 Å². The van der Waals surface area contributed by atoms with E-state index in [0.717, 1.165) is 50.6 Å². The van der Waals surface area contributed by atoms with Crippen molar-refractivity contribution in [3.8, 4) is 5.75 Å². The third-order valence-corrected chi connectivity index (χ3v) is 6.29. The SMILES string of the molecule is CN1CCC(N2CCC(Oc3cccc(C(=O)N4CCCCO4)c3)CC2)CC1. The van der Waals surface area contributed by atoms with Crippen LogP contribution in [0.25, 0.3) is 0 Å². The van der Waals surface area contributed by atoms with Crippen LogP contribution in [0.4, 0.5) is 0 Å². The van der Waals surface area contributed by atoms with Crippen molar-refractivity contribution < 1.29 is 14.4 Å². The predicted octanol–water partition coefficient (Wildman–Crippen LogP) is 2.79. The molecule has 3 saturated heterocycles. The predicted molar refractivity (Wildman–Crippen MR) is 108 cm³/mol. The Balaban J connectivity index is 1.28. The molecule has 1 aromatic rings. The second kappa shape index (κ2) is 9.25. The van der Waals surface area contributed by atoms with Gasteiger partial charge in [0.25, 0.3) is 5.91 Å². The van der Waals surface area contributed by atoms with Gasteiger partial charge in [0.05, 0.1) is 6.61 Å². The van der Waals surface area contributed by atoms with Crippen molar-refractivity contribution in [2.45, 2.75) is 50.7 Å².